The average molecular weight is 236 g/mol. The Labute approximate surface area is 91.5 Å². The zero-order valence-corrected chi connectivity index (χ0v) is 10.2. The summed E-state index contributed by atoms with van der Waals surface area (Å²) in [7, 11) is -2.88. The molecule has 1 aliphatic rings. The van der Waals surface area contributed by atoms with E-state index in [0.29, 0.717) is 13.1 Å². The molecule has 0 radical (unpaired) electrons. The smallest absolute Gasteiger partial charge is 0.148 e. The van der Waals surface area contributed by atoms with Gasteiger partial charge in [0, 0.05) is 32.4 Å². The van der Waals surface area contributed by atoms with E-state index >= 15 is 0 Å². The summed E-state index contributed by atoms with van der Waals surface area (Å²) < 4.78 is 27.6. The molecule has 0 saturated carbocycles. The third kappa shape index (κ3) is 4.92. The van der Waals surface area contributed by atoms with Crippen molar-refractivity contribution in [1.82, 2.24) is 4.90 Å². The van der Waals surface area contributed by atoms with Crippen molar-refractivity contribution in [2.45, 2.75) is 19.1 Å². The highest BCUT2D eigenvalue weighted by Crippen LogP contribution is 2.10. The molecule has 2 atom stereocenters. The maximum atomic E-state index is 11.0. The van der Waals surface area contributed by atoms with E-state index in [1.165, 1.54) is 6.26 Å². The molecule has 1 aliphatic heterocycles. The third-order valence-corrected chi connectivity index (χ3v) is 3.37. The summed E-state index contributed by atoms with van der Waals surface area (Å²) in [6, 6.07) is 0. The number of nitrogens with zero attached hydrogens (tertiary/aromatic N) is 1. The first-order chi connectivity index (χ1) is 6.90. The summed E-state index contributed by atoms with van der Waals surface area (Å²) in [5.74, 6) is 0.205. The van der Waals surface area contributed by atoms with Crippen LogP contribution in [0.2, 0.25) is 0 Å². The largest absolute Gasteiger partial charge is 0.371 e. The van der Waals surface area contributed by atoms with Crippen LogP contribution in [-0.4, -0.2) is 63.7 Å². The molecule has 0 aromatic rings. The number of nitrogens with two attached hydrogens (primary N) is 1. The van der Waals surface area contributed by atoms with Gasteiger partial charge in [0.2, 0.25) is 0 Å². The van der Waals surface area contributed by atoms with Crippen LogP contribution >= 0.6 is 0 Å². The summed E-state index contributed by atoms with van der Waals surface area (Å²) in [4.78, 5) is 2.10. The minimum absolute atomic E-state index is 0.0355. The maximum absolute atomic E-state index is 11.0. The van der Waals surface area contributed by atoms with E-state index < -0.39 is 9.84 Å². The van der Waals surface area contributed by atoms with Crippen LogP contribution in [0.3, 0.4) is 0 Å². The molecule has 0 bridgehead atoms. The molecule has 0 aliphatic carbocycles. The fourth-order valence-electron chi connectivity index (χ4n) is 1.75. The molecule has 2 unspecified atom stereocenters. The van der Waals surface area contributed by atoms with Gasteiger partial charge in [0.25, 0.3) is 0 Å². The zero-order valence-electron chi connectivity index (χ0n) is 9.35. The predicted octanol–water partition coefficient (Wildman–Crippen LogP) is -0.921. The number of sulfone groups is 1. The number of morpholine rings is 1. The summed E-state index contributed by atoms with van der Waals surface area (Å²) in [5.41, 5.74) is 5.54. The van der Waals surface area contributed by atoms with Crippen molar-refractivity contribution >= 4 is 9.84 Å². The predicted molar refractivity (Wildman–Crippen MR) is 59.5 cm³/mol. The van der Waals surface area contributed by atoms with Gasteiger partial charge in [0.15, 0.2) is 0 Å². The van der Waals surface area contributed by atoms with Gasteiger partial charge in [0.05, 0.1) is 18.0 Å². The van der Waals surface area contributed by atoms with E-state index in [2.05, 4.69) is 4.90 Å². The first-order valence-electron chi connectivity index (χ1n) is 5.16. The molecule has 1 rings (SSSR count). The second-order valence-corrected chi connectivity index (χ2v) is 6.45. The lowest BCUT2D eigenvalue weighted by atomic mass is 10.2. The van der Waals surface area contributed by atoms with Gasteiger partial charge in [-0.05, 0) is 6.92 Å². The molecule has 1 saturated heterocycles. The normalized spacial score (nSPS) is 29.3. The Kier molecular flexibility index (Phi) is 4.51. The second-order valence-electron chi connectivity index (χ2n) is 4.19. The number of rotatable bonds is 4. The maximum Gasteiger partial charge on any atom is 0.148 e. The molecule has 90 valence electrons. The minimum atomic E-state index is -2.88. The van der Waals surface area contributed by atoms with Crippen LogP contribution in [-0.2, 0) is 14.6 Å². The summed E-state index contributed by atoms with van der Waals surface area (Å²) in [5, 5.41) is 0. The van der Waals surface area contributed by atoms with Gasteiger partial charge in [-0.3, -0.25) is 4.90 Å². The standard InChI is InChI=1S/C9H20N2O3S/c1-8-6-11(3-4-15(2,12)13)7-9(5-10)14-8/h8-9H,3-7,10H2,1-2H3. The highest BCUT2D eigenvalue weighted by molar-refractivity contribution is 7.90. The zero-order chi connectivity index (χ0) is 11.5. The molecule has 15 heavy (non-hydrogen) atoms. The van der Waals surface area contributed by atoms with Crippen molar-refractivity contribution in [2.75, 3.05) is 38.2 Å². The average Bonchev–Trinajstić information content (AvgIpc) is 2.13. The van der Waals surface area contributed by atoms with Crippen molar-refractivity contribution in [3.8, 4) is 0 Å². The Morgan fingerprint density at radius 3 is 2.67 bits per heavy atom. The monoisotopic (exact) mass is 236 g/mol. The fourth-order valence-corrected chi connectivity index (χ4v) is 2.34. The Bertz CT molecular complexity index is 292. The van der Waals surface area contributed by atoms with E-state index in [-0.39, 0.29) is 18.0 Å². The molecule has 6 heteroatoms. The molecule has 5 nitrogen and oxygen atoms in total. The quantitative estimate of drug-likeness (QED) is 0.683. The summed E-state index contributed by atoms with van der Waals surface area (Å²) >= 11 is 0. The Morgan fingerprint density at radius 2 is 2.13 bits per heavy atom. The SMILES string of the molecule is CC1CN(CCS(C)(=O)=O)CC(CN)O1. The molecule has 0 aromatic carbocycles. The first-order valence-corrected chi connectivity index (χ1v) is 7.22. The van der Waals surface area contributed by atoms with Gasteiger partial charge >= 0.3 is 0 Å². The summed E-state index contributed by atoms with van der Waals surface area (Å²) in [6.07, 6.45) is 1.43. The molecular formula is C9H20N2O3S. The van der Waals surface area contributed by atoms with Crippen molar-refractivity contribution in [3.05, 3.63) is 0 Å². The molecule has 1 heterocycles. The number of hydrogen-bond donors (Lipinski definition) is 1. The Hall–Kier alpha value is -0.170. The molecule has 0 aromatic heterocycles. The lowest BCUT2D eigenvalue weighted by molar-refractivity contribution is -0.0703. The Morgan fingerprint density at radius 1 is 1.47 bits per heavy atom. The summed E-state index contributed by atoms with van der Waals surface area (Å²) in [6.45, 7) is 4.56. The van der Waals surface area contributed by atoms with Crippen LogP contribution in [0.5, 0.6) is 0 Å². The van der Waals surface area contributed by atoms with Crippen molar-refractivity contribution in [1.29, 1.82) is 0 Å². The minimum Gasteiger partial charge on any atom is -0.371 e. The fraction of sp³-hybridized carbons (Fsp3) is 1.00. The van der Waals surface area contributed by atoms with Gasteiger partial charge in [-0.25, -0.2) is 8.42 Å². The molecule has 1 fully saturated rings. The van der Waals surface area contributed by atoms with Crippen LogP contribution < -0.4 is 5.73 Å². The van der Waals surface area contributed by atoms with Crippen LogP contribution in [0, 0.1) is 0 Å². The van der Waals surface area contributed by atoms with E-state index in [4.69, 9.17) is 10.5 Å². The van der Waals surface area contributed by atoms with Crippen molar-refractivity contribution < 1.29 is 13.2 Å². The highest BCUT2D eigenvalue weighted by Gasteiger charge is 2.24. The van der Waals surface area contributed by atoms with Crippen molar-refractivity contribution in [3.63, 3.8) is 0 Å². The molecular weight excluding hydrogens is 216 g/mol. The Balaban J connectivity index is 2.41. The van der Waals surface area contributed by atoms with Gasteiger partial charge in [-0.1, -0.05) is 0 Å². The van der Waals surface area contributed by atoms with Gasteiger partial charge in [-0.15, -0.1) is 0 Å². The lowest BCUT2D eigenvalue weighted by Gasteiger charge is -2.36. The lowest BCUT2D eigenvalue weighted by Crippen LogP contribution is -2.50. The van der Waals surface area contributed by atoms with E-state index in [1.807, 2.05) is 6.92 Å². The van der Waals surface area contributed by atoms with Crippen LogP contribution in [0.4, 0.5) is 0 Å². The second kappa shape index (κ2) is 5.25. The van der Waals surface area contributed by atoms with Gasteiger partial charge in [-0.2, -0.15) is 0 Å². The first kappa shape index (κ1) is 12.9. The van der Waals surface area contributed by atoms with Gasteiger partial charge in [0.1, 0.15) is 9.84 Å². The molecule has 2 N–H and O–H groups in total. The number of ether oxygens (including phenoxy) is 1. The molecule has 0 spiro atoms. The van der Waals surface area contributed by atoms with Crippen LogP contribution in [0.15, 0.2) is 0 Å². The number of hydrogen-bond acceptors (Lipinski definition) is 5. The van der Waals surface area contributed by atoms with Crippen molar-refractivity contribution in [2.24, 2.45) is 5.73 Å². The van der Waals surface area contributed by atoms with E-state index in [1.54, 1.807) is 0 Å². The van der Waals surface area contributed by atoms with E-state index in [9.17, 15) is 8.42 Å². The molecule has 0 amide bonds. The topological polar surface area (TPSA) is 72.6 Å². The van der Waals surface area contributed by atoms with E-state index in [0.717, 1.165) is 13.1 Å². The third-order valence-electron chi connectivity index (χ3n) is 2.44. The van der Waals surface area contributed by atoms with Gasteiger partial charge < -0.3 is 10.5 Å². The highest BCUT2D eigenvalue weighted by atomic mass is 32.2. The van der Waals surface area contributed by atoms with Crippen LogP contribution in [0.1, 0.15) is 6.92 Å². The van der Waals surface area contributed by atoms with Crippen LogP contribution in [0.25, 0.3) is 0 Å².